The van der Waals surface area contributed by atoms with Gasteiger partial charge in [0.1, 0.15) is 11.5 Å². The highest BCUT2D eigenvalue weighted by Crippen LogP contribution is 2.60. The van der Waals surface area contributed by atoms with E-state index >= 15 is 0 Å². The Kier molecular flexibility index (Phi) is 2.85. The number of nitrogens with one attached hydrogen (secondary N) is 1. The minimum Gasteiger partial charge on any atom is -0.461 e. The lowest BCUT2D eigenvalue weighted by atomic mass is 9.90. The highest BCUT2D eigenvalue weighted by molar-refractivity contribution is 5.90. The molecule has 0 radical (unpaired) electrons. The zero-order valence-corrected chi connectivity index (χ0v) is 13.2. The molecular formula is C17H17N3O4. The fourth-order valence-corrected chi connectivity index (χ4v) is 4.24. The number of esters is 1. The van der Waals surface area contributed by atoms with Gasteiger partial charge in [0.05, 0.1) is 24.3 Å². The minimum atomic E-state index is -0.507. The summed E-state index contributed by atoms with van der Waals surface area (Å²) in [6.07, 6.45) is 2.87. The lowest BCUT2D eigenvalue weighted by Crippen LogP contribution is -2.25. The van der Waals surface area contributed by atoms with Crippen LogP contribution in [0.4, 0.5) is 0 Å². The van der Waals surface area contributed by atoms with Crippen LogP contribution in [0.2, 0.25) is 0 Å². The number of rotatable bonds is 3. The summed E-state index contributed by atoms with van der Waals surface area (Å²) in [5, 5.41) is 0. The molecule has 1 N–H and O–H groups in total. The highest BCUT2D eigenvalue weighted by atomic mass is 16.5. The van der Waals surface area contributed by atoms with Crippen molar-refractivity contribution in [1.29, 1.82) is 0 Å². The third-order valence-electron chi connectivity index (χ3n) is 5.43. The summed E-state index contributed by atoms with van der Waals surface area (Å²) in [5.74, 6) is 1.73. The molecule has 5 atom stereocenters. The van der Waals surface area contributed by atoms with Gasteiger partial charge in [0.25, 0.3) is 5.56 Å². The number of aromatic amines is 1. The zero-order chi connectivity index (χ0) is 16.4. The third-order valence-corrected chi connectivity index (χ3v) is 5.43. The third kappa shape index (κ3) is 2.07. The van der Waals surface area contributed by atoms with Crippen LogP contribution in [0.1, 0.15) is 29.2 Å². The van der Waals surface area contributed by atoms with E-state index in [1.807, 2.05) is 0 Å². The first-order valence-electron chi connectivity index (χ1n) is 8.30. The Bertz CT molecular complexity index is 908. The lowest BCUT2D eigenvalue weighted by molar-refractivity contribution is 0.0266. The Labute approximate surface area is 137 Å². The lowest BCUT2D eigenvalue weighted by Gasteiger charge is -2.18. The molecule has 0 spiro atoms. The zero-order valence-electron chi connectivity index (χ0n) is 13.2. The average molecular weight is 327 g/mol. The van der Waals surface area contributed by atoms with Gasteiger partial charge in [-0.2, -0.15) is 0 Å². The van der Waals surface area contributed by atoms with Gasteiger partial charge in [-0.1, -0.05) is 0 Å². The molecule has 3 aliphatic rings. The van der Waals surface area contributed by atoms with Gasteiger partial charge in [-0.05, 0) is 43.7 Å². The Balaban J connectivity index is 1.32. The molecular weight excluding hydrogens is 310 g/mol. The second-order valence-electron chi connectivity index (χ2n) is 7.01. The van der Waals surface area contributed by atoms with E-state index in [4.69, 9.17) is 9.47 Å². The summed E-state index contributed by atoms with van der Waals surface area (Å²) in [4.78, 5) is 35.1. The number of H-pyrrole nitrogens is 1. The number of ether oxygens (including phenoxy) is 2. The van der Waals surface area contributed by atoms with Crippen molar-refractivity contribution in [2.75, 3.05) is 6.61 Å². The molecule has 2 aromatic heterocycles. The number of fused-ring (bicyclic) bond motifs is 6. The molecule has 24 heavy (non-hydrogen) atoms. The van der Waals surface area contributed by atoms with Gasteiger partial charge in [0.15, 0.2) is 5.52 Å². The first-order valence-corrected chi connectivity index (χ1v) is 8.30. The van der Waals surface area contributed by atoms with Crippen molar-refractivity contribution in [3.63, 3.8) is 0 Å². The summed E-state index contributed by atoms with van der Waals surface area (Å²) in [6.45, 7) is 2.05. The molecule has 5 rings (SSSR count). The van der Waals surface area contributed by atoms with Gasteiger partial charge in [0, 0.05) is 5.92 Å². The first kappa shape index (κ1) is 14.1. The molecule has 0 amide bonds. The van der Waals surface area contributed by atoms with Crippen molar-refractivity contribution in [2.45, 2.75) is 32.0 Å². The Morgan fingerprint density at radius 1 is 1.33 bits per heavy atom. The maximum Gasteiger partial charge on any atom is 0.356 e. The second kappa shape index (κ2) is 4.86. The second-order valence-corrected chi connectivity index (χ2v) is 7.01. The van der Waals surface area contributed by atoms with Crippen molar-refractivity contribution < 1.29 is 14.3 Å². The Morgan fingerprint density at radius 2 is 2.21 bits per heavy atom. The van der Waals surface area contributed by atoms with Crippen LogP contribution in [0.25, 0.3) is 11.0 Å². The van der Waals surface area contributed by atoms with Gasteiger partial charge in [-0.15, -0.1) is 0 Å². The van der Waals surface area contributed by atoms with E-state index in [2.05, 4.69) is 15.0 Å². The summed E-state index contributed by atoms with van der Waals surface area (Å²) in [6, 6.07) is 3.17. The Hall–Kier alpha value is -2.28. The normalized spacial score (nSPS) is 32.8. The summed E-state index contributed by atoms with van der Waals surface area (Å²) < 4.78 is 11.3. The fourth-order valence-electron chi connectivity index (χ4n) is 4.24. The Morgan fingerprint density at radius 3 is 3.00 bits per heavy atom. The van der Waals surface area contributed by atoms with Crippen LogP contribution in [0, 0.1) is 24.7 Å². The molecule has 2 bridgehead atoms. The van der Waals surface area contributed by atoms with E-state index in [1.54, 1.807) is 19.1 Å². The molecule has 124 valence electrons. The van der Waals surface area contributed by atoms with Crippen LogP contribution in [0.3, 0.4) is 0 Å². The van der Waals surface area contributed by atoms with Crippen molar-refractivity contribution in [3.8, 4) is 0 Å². The van der Waals surface area contributed by atoms with Crippen molar-refractivity contribution >= 4 is 17.0 Å². The topological polar surface area (TPSA) is 94.2 Å². The van der Waals surface area contributed by atoms with E-state index in [-0.39, 0.29) is 28.8 Å². The van der Waals surface area contributed by atoms with Gasteiger partial charge in [-0.25, -0.2) is 14.8 Å². The number of nitrogens with zero attached hydrogens (tertiary/aromatic N) is 2. The fraction of sp³-hybridized carbons (Fsp3) is 0.529. The minimum absolute atomic E-state index is 0.132. The number of carbonyl (C=O) groups excluding carboxylic acids is 1. The standard InChI is InChI=1S/C17H17N3O4/c1-7-18-11-2-3-12(20-14(11)16(21)19-7)17(22)23-6-8-4-13-9-5-10(9)15(8)24-13/h2-3,8-10,13,15H,4-6H2,1H3,(H,18,19,21)/t8-,9+,10-,13-,15+/m0/s1. The van der Waals surface area contributed by atoms with Crippen LogP contribution < -0.4 is 5.56 Å². The van der Waals surface area contributed by atoms with E-state index in [9.17, 15) is 9.59 Å². The van der Waals surface area contributed by atoms with Crippen LogP contribution in [0.5, 0.6) is 0 Å². The van der Waals surface area contributed by atoms with Gasteiger partial charge < -0.3 is 14.5 Å². The molecule has 2 aliphatic heterocycles. The quantitative estimate of drug-likeness (QED) is 0.852. The molecule has 2 saturated heterocycles. The largest absolute Gasteiger partial charge is 0.461 e. The maximum absolute atomic E-state index is 12.3. The monoisotopic (exact) mass is 327 g/mol. The van der Waals surface area contributed by atoms with E-state index in [0.717, 1.165) is 12.3 Å². The molecule has 7 heteroatoms. The molecule has 7 nitrogen and oxygen atoms in total. The number of aryl methyl sites for hydroxylation is 1. The SMILES string of the molecule is Cc1nc2ccc(C(=O)OC[C@@H]3C[C@@H]4O[C@H]3[C@H]3C[C@H]34)nc2c(=O)[nH]1. The molecule has 1 aliphatic carbocycles. The molecule has 1 saturated carbocycles. The average Bonchev–Trinajstić information content (AvgIpc) is 3.17. The van der Waals surface area contributed by atoms with Crippen molar-refractivity contribution in [1.82, 2.24) is 15.0 Å². The van der Waals surface area contributed by atoms with Gasteiger partial charge in [-0.3, -0.25) is 4.79 Å². The predicted molar refractivity (Wildman–Crippen MR) is 83.5 cm³/mol. The highest BCUT2D eigenvalue weighted by Gasteiger charge is 2.62. The summed E-state index contributed by atoms with van der Waals surface area (Å²) in [5.41, 5.74) is 0.397. The first-order chi connectivity index (χ1) is 11.6. The number of hydrogen-bond acceptors (Lipinski definition) is 6. The molecule has 0 aromatic carbocycles. The van der Waals surface area contributed by atoms with Crippen LogP contribution >= 0.6 is 0 Å². The predicted octanol–water partition coefficient (Wildman–Crippen LogP) is 1.21. The van der Waals surface area contributed by atoms with Crippen molar-refractivity contribution in [3.05, 3.63) is 34.0 Å². The van der Waals surface area contributed by atoms with Crippen molar-refractivity contribution in [2.24, 2.45) is 17.8 Å². The molecule has 2 aromatic rings. The van der Waals surface area contributed by atoms with E-state index < -0.39 is 5.97 Å². The number of aromatic nitrogens is 3. The van der Waals surface area contributed by atoms with Gasteiger partial charge >= 0.3 is 5.97 Å². The maximum atomic E-state index is 12.3. The van der Waals surface area contributed by atoms with Gasteiger partial charge in [0.2, 0.25) is 0 Å². The summed E-state index contributed by atoms with van der Waals surface area (Å²) >= 11 is 0. The van der Waals surface area contributed by atoms with Crippen LogP contribution in [-0.4, -0.2) is 39.7 Å². The summed E-state index contributed by atoms with van der Waals surface area (Å²) in [7, 11) is 0. The van der Waals surface area contributed by atoms with E-state index in [1.165, 1.54) is 6.42 Å². The number of pyridine rings is 1. The number of carbonyl (C=O) groups is 1. The van der Waals surface area contributed by atoms with Crippen LogP contribution in [0.15, 0.2) is 16.9 Å². The molecule has 4 heterocycles. The van der Waals surface area contributed by atoms with E-state index in [0.29, 0.717) is 30.0 Å². The molecule has 0 unspecified atom stereocenters. The number of hydrogen-bond donors (Lipinski definition) is 1. The van der Waals surface area contributed by atoms with Crippen LogP contribution in [-0.2, 0) is 9.47 Å². The molecule has 3 fully saturated rings. The smallest absolute Gasteiger partial charge is 0.356 e.